The van der Waals surface area contributed by atoms with Crippen LogP contribution in [0.15, 0.2) is 18.3 Å². The van der Waals surface area contributed by atoms with E-state index < -0.39 is 0 Å². The van der Waals surface area contributed by atoms with Gasteiger partial charge in [-0.05, 0) is 26.0 Å². The van der Waals surface area contributed by atoms with Gasteiger partial charge in [0.05, 0.1) is 5.56 Å². The van der Waals surface area contributed by atoms with Crippen LogP contribution in [0, 0.1) is 0 Å². The summed E-state index contributed by atoms with van der Waals surface area (Å²) in [5.41, 5.74) is 0.962. The van der Waals surface area contributed by atoms with Crippen LogP contribution in [-0.2, 0) is 0 Å². The van der Waals surface area contributed by atoms with Crippen LogP contribution < -0.4 is 0 Å². The SMILES string of the molecule is CC1CN1C(=O)c1ccc(C(=O)N2CC2C)nc1. The van der Waals surface area contributed by atoms with Gasteiger partial charge in [0, 0.05) is 31.4 Å². The quantitative estimate of drug-likeness (QED) is 0.723. The van der Waals surface area contributed by atoms with E-state index >= 15 is 0 Å². The van der Waals surface area contributed by atoms with Gasteiger partial charge >= 0.3 is 0 Å². The number of carbonyl (C=O) groups is 2. The Balaban J connectivity index is 1.73. The Morgan fingerprint density at radius 2 is 1.67 bits per heavy atom. The third kappa shape index (κ3) is 1.85. The van der Waals surface area contributed by atoms with Crippen LogP contribution in [0.25, 0.3) is 0 Å². The third-order valence-corrected chi connectivity index (χ3v) is 3.47. The molecule has 1 aromatic heterocycles. The molecule has 3 rings (SSSR count). The molecule has 0 spiro atoms. The smallest absolute Gasteiger partial charge is 0.272 e. The summed E-state index contributed by atoms with van der Waals surface area (Å²) < 4.78 is 0. The Kier molecular flexibility index (Phi) is 2.36. The highest BCUT2D eigenvalue weighted by Gasteiger charge is 2.36. The monoisotopic (exact) mass is 245 g/mol. The Morgan fingerprint density at radius 3 is 2.11 bits per heavy atom. The minimum absolute atomic E-state index is 0.00547. The number of rotatable bonds is 2. The number of amides is 2. The Labute approximate surface area is 105 Å². The fourth-order valence-corrected chi connectivity index (χ4v) is 2.00. The van der Waals surface area contributed by atoms with E-state index in [0.717, 1.165) is 13.1 Å². The van der Waals surface area contributed by atoms with Crippen molar-refractivity contribution in [3.05, 3.63) is 29.6 Å². The number of hydrogen-bond acceptors (Lipinski definition) is 3. The summed E-state index contributed by atoms with van der Waals surface area (Å²) in [6.07, 6.45) is 1.49. The van der Waals surface area contributed by atoms with Gasteiger partial charge in [0.15, 0.2) is 0 Å². The van der Waals surface area contributed by atoms with Gasteiger partial charge in [-0.3, -0.25) is 14.6 Å². The molecule has 2 aliphatic rings. The van der Waals surface area contributed by atoms with E-state index in [1.54, 1.807) is 21.9 Å². The van der Waals surface area contributed by atoms with Gasteiger partial charge in [0.25, 0.3) is 11.8 Å². The maximum Gasteiger partial charge on any atom is 0.272 e. The van der Waals surface area contributed by atoms with E-state index in [9.17, 15) is 9.59 Å². The molecule has 0 radical (unpaired) electrons. The molecule has 0 N–H and O–H groups in total. The predicted octanol–water partition coefficient (Wildman–Crippen LogP) is 0.770. The number of pyridine rings is 1. The van der Waals surface area contributed by atoms with Gasteiger partial charge in [-0.2, -0.15) is 0 Å². The molecule has 94 valence electrons. The maximum absolute atomic E-state index is 11.9. The first-order chi connectivity index (χ1) is 8.58. The van der Waals surface area contributed by atoms with Gasteiger partial charge in [-0.25, -0.2) is 0 Å². The summed E-state index contributed by atoms with van der Waals surface area (Å²) in [5, 5.41) is 0. The molecule has 1 aromatic rings. The van der Waals surface area contributed by atoms with Crippen LogP contribution >= 0.6 is 0 Å². The Morgan fingerprint density at radius 1 is 1.11 bits per heavy atom. The second-order valence-corrected chi connectivity index (χ2v) is 5.05. The normalized spacial score (nSPS) is 25.0. The first-order valence-electron chi connectivity index (χ1n) is 6.16. The fraction of sp³-hybridized carbons (Fsp3) is 0.462. The van der Waals surface area contributed by atoms with E-state index in [1.165, 1.54) is 6.20 Å². The van der Waals surface area contributed by atoms with E-state index in [2.05, 4.69) is 4.98 Å². The molecule has 0 saturated carbocycles. The van der Waals surface area contributed by atoms with Crippen molar-refractivity contribution >= 4 is 11.8 Å². The highest BCUT2D eigenvalue weighted by Crippen LogP contribution is 2.21. The van der Waals surface area contributed by atoms with E-state index in [-0.39, 0.29) is 11.8 Å². The molecule has 3 heterocycles. The van der Waals surface area contributed by atoms with E-state index in [1.807, 2.05) is 13.8 Å². The maximum atomic E-state index is 11.9. The van der Waals surface area contributed by atoms with Crippen molar-refractivity contribution in [2.45, 2.75) is 25.9 Å². The average molecular weight is 245 g/mol. The molecule has 2 atom stereocenters. The lowest BCUT2D eigenvalue weighted by Gasteiger charge is -2.04. The lowest BCUT2D eigenvalue weighted by molar-refractivity contribution is 0.0859. The third-order valence-electron chi connectivity index (χ3n) is 3.47. The van der Waals surface area contributed by atoms with Crippen LogP contribution in [0.2, 0.25) is 0 Å². The lowest BCUT2D eigenvalue weighted by atomic mass is 10.2. The summed E-state index contributed by atoms with van der Waals surface area (Å²) >= 11 is 0. The van der Waals surface area contributed by atoms with Crippen molar-refractivity contribution in [2.24, 2.45) is 0 Å². The average Bonchev–Trinajstić information content (AvgIpc) is 3.27. The van der Waals surface area contributed by atoms with E-state index in [4.69, 9.17) is 0 Å². The summed E-state index contributed by atoms with van der Waals surface area (Å²) in [4.78, 5) is 31.4. The van der Waals surface area contributed by atoms with Crippen molar-refractivity contribution in [1.82, 2.24) is 14.8 Å². The molecule has 5 heteroatoms. The van der Waals surface area contributed by atoms with Crippen molar-refractivity contribution in [2.75, 3.05) is 13.1 Å². The van der Waals surface area contributed by atoms with Gasteiger partial charge < -0.3 is 9.80 Å². The summed E-state index contributed by atoms with van der Waals surface area (Å²) in [6.45, 7) is 5.61. The van der Waals surface area contributed by atoms with Crippen molar-refractivity contribution < 1.29 is 9.59 Å². The molecule has 2 amide bonds. The minimum Gasteiger partial charge on any atom is -0.332 e. The fourth-order valence-electron chi connectivity index (χ4n) is 2.00. The summed E-state index contributed by atoms with van der Waals surface area (Å²) in [5.74, 6) is -0.0595. The largest absolute Gasteiger partial charge is 0.332 e. The molecule has 2 saturated heterocycles. The topological polar surface area (TPSA) is 53.0 Å². The molecule has 0 aromatic carbocycles. The van der Waals surface area contributed by atoms with Gasteiger partial charge in [0.2, 0.25) is 0 Å². The van der Waals surface area contributed by atoms with E-state index in [0.29, 0.717) is 23.3 Å². The molecule has 5 nitrogen and oxygen atoms in total. The van der Waals surface area contributed by atoms with Crippen LogP contribution in [0.3, 0.4) is 0 Å². The zero-order valence-corrected chi connectivity index (χ0v) is 10.5. The Bertz CT molecular complexity index is 464. The van der Waals surface area contributed by atoms with Crippen molar-refractivity contribution in [3.8, 4) is 0 Å². The van der Waals surface area contributed by atoms with Crippen LogP contribution in [-0.4, -0.2) is 51.8 Å². The van der Waals surface area contributed by atoms with Crippen LogP contribution in [0.4, 0.5) is 0 Å². The van der Waals surface area contributed by atoms with Gasteiger partial charge in [0.1, 0.15) is 5.69 Å². The zero-order chi connectivity index (χ0) is 12.9. The van der Waals surface area contributed by atoms with Crippen molar-refractivity contribution in [1.29, 1.82) is 0 Å². The minimum atomic E-state index is -0.0541. The first kappa shape index (κ1) is 11.2. The van der Waals surface area contributed by atoms with Crippen LogP contribution in [0.1, 0.15) is 34.7 Å². The lowest BCUT2D eigenvalue weighted by Crippen LogP contribution is -2.16. The molecule has 0 aliphatic carbocycles. The summed E-state index contributed by atoms with van der Waals surface area (Å²) in [6, 6.07) is 3.97. The molecule has 0 bridgehead atoms. The molecular weight excluding hydrogens is 230 g/mol. The van der Waals surface area contributed by atoms with Crippen molar-refractivity contribution in [3.63, 3.8) is 0 Å². The number of carbonyl (C=O) groups excluding carboxylic acids is 2. The molecule has 2 aliphatic heterocycles. The van der Waals surface area contributed by atoms with Gasteiger partial charge in [-0.15, -0.1) is 0 Å². The molecule has 2 unspecified atom stereocenters. The van der Waals surface area contributed by atoms with Gasteiger partial charge in [-0.1, -0.05) is 0 Å². The highest BCUT2D eigenvalue weighted by atomic mass is 16.2. The second kappa shape index (κ2) is 3.80. The summed E-state index contributed by atoms with van der Waals surface area (Å²) in [7, 11) is 0. The predicted molar refractivity (Wildman–Crippen MR) is 65.2 cm³/mol. The van der Waals surface area contributed by atoms with Crippen LogP contribution in [0.5, 0.6) is 0 Å². The molecule has 2 fully saturated rings. The standard InChI is InChI=1S/C13H15N3O2/c1-8-6-15(8)12(17)10-3-4-11(14-5-10)13(18)16-7-9(16)2/h3-5,8-9H,6-7H2,1-2H3. The second-order valence-electron chi connectivity index (χ2n) is 5.05. The Hall–Kier alpha value is -1.91. The molecular formula is C13H15N3O2. The number of aromatic nitrogens is 1. The zero-order valence-electron chi connectivity index (χ0n) is 10.5. The highest BCUT2D eigenvalue weighted by molar-refractivity contribution is 5.97. The first-order valence-corrected chi connectivity index (χ1v) is 6.16. The number of hydrogen-bond donors (Lipinski definition) is 0. The number of nitrogens with zero attached hydrogens (tertiary/aromatic N) is 3. The molecule has 18 heavy (non-hydrogen) atoms.